The fourth-order valence-electron chi connectivity index (χ4n) is 7.00. The van der Waals surface area contributed by atoms with Crippen LogP contribution in [0.25, 0.3) is 0 Å². The standard InChI is InChI=1S/C35H44N8O4/c1-9-30(44)38-25-12-26(29(46-8)13-28(25)42-17-22-15-41(7)16-23(22)18-42)39-34-36-14-24(33(45)47-20(2)3)32(40-34)43-19-35(5,6)31-27(43)11-10-21(4)37-31/h9-14,20,22-23H,1,15-19H2,2-8H3,(H,38,44)(H,36,39,40)/t22-,23+. The maximum atomic E-state index is 13.3. The summed E-state index contributed by atoms with van der Waals surface area (Å²) in [6.07, 6.45) is 2.43. The van der Waals surface area contributed by atoms with E-state index >= 15 is 0 Å². The van der Waals surface area contributed by atoms with Crippen molar-refractivity contribution in [2.75, 3.05) is 67.3 Å². The Hall–Kier alpha value is -4.71. The van der Waals surface area contributed by atoms with E-state index in [1.54, 1.807) is 21.0 Å². The average Bonchev–Trinajstić information content (AvgIpc) is 3.65. The monoisotopic (exact) mass is 640 g/mol. The fourth-order valence-corrected chi connectivity index (χ4v) is 7.00. The maximum absolute atomic E-state index is 13.3. The van der Waals surface area contributed by atoms with Gasteiger partial charge in [0.15, 0.2) is 5.82 Å². The molecule has 2 atom stereocenters. The van der Waals surface area contributed by atoms with Gasteiger partial charge in [0.2, 0.25) is 11.9 Å². The minimum absolute atomic E-state index is 0.248. The maximum Gasteiger partial charge on any atom is 0.343 e. The molecule has 3 aliphatic rings. The number of amides is 1. The molecule has 0 saturated carbocycles. The van der Waals surface area contributed by atoms with E-state index in [9.17, 15) is 9.59 Å². The summed E-state index contributed by atoms with van der Waals surface area (Å²) in [5, 5.41) is 6.29. The number of carbonyl (C=O) groups is 2. The van der Waals surface area contributed by atoms with E-state index in [0.29, 0.717) is 41.3 Å². The van der Waals surface area contributed by atoms with E-state index < -0.39 is 5.97 Å². The number of hydrogen-bond donors (Lipinski definition) is 2. The number of nitrogens with one attached hydrogen (secondary N) is 2. The summed E-state index contributed by atoms with van der Waals surface area (Å²) in [6.45, 7) is 17.9. The number of hydrogen-bond acceptors (Lipinski definition) is 11. The van der Waals surface area contributed by atoms with Gasteiger partial charge in [-0.2, -0.15) is 4.98 Å². The third-order valence-corrected chi connectivity index (χ3v) is 9.10. The van der Waals surface area contributed by atoms with Crippen molar-refractivity contribution in [2.45, 2.75) is 46.1 Å². The van der Waals surface area contributed by atoms with Crippen molar-refractivity contribution in [2.24, 2.45) is 11.8 Å². The van der Waals surface area contributed by atoms with Crippen LogP contribution in [-0.4, -0.2) is 84.7 Å². The van der Waals surface area contributed by atoms with Gasteiger partial charge in [-0.15, -0.1) is 0 Å². The molecule has 12 nitrogen and oxygen atoms in total. The van der Waals surface area contributed by atoms with E-state index in [2.05, 4.69) is 52.9 Å². The number of likely N-dealkylation sites (tertiary alicyclic amines) is 1. The average molecular weight is 641 g/mol. The minimum atomic E-state index is -0.509. The summed E-state index contributed by atoms with van der Waals surface area (Å²) in [4.78, 5) is 46.9. The van der Waals surface area contributed by atoms with Crippen molar-refractivity contribution in [3.8, 4) is 5.75 Å². The van der Waals surface area contributed by atoms with Gasteiger partial charge >= 0.3 is 5.97 Å². The molecular formula is C35H44N8O4. The summed E-state index contributed by atoms with van der Waals surface area (Å²) in [5.41, 5.74) is 4.75. The van der Waals surface area contributed by atoms with Gasteiger partial charge in [-0.25, -0.2) is 9.78 Å². The summed E-state index contributed by atoms with van der Waals surface area (Å²) in [5.74, 6) is 1.54. The van der Waals surface area contributed by atoms with Crippen LogP contribution < -0.4 is 25.2 Å². The summed E-state index contributed by atoms with van der Waals surface area (Å²) >= 11 is 0. The Morgan fingerprint density at radius 3 is 2.45 bits per heavy atom. The number of benzene rings is 1. The van der Waals surface area contributed by atoms with Crippen LogP contribution in [0, 0.1) is 18.8 Å². The SMILES string of the molecule is C=CC(=O)Nc1cc(Nc2ncc(C(=O)OC(C)C)c(N3CC(C)(C)c4nc(C)ccc43)n2)c(OC)cc1N1C[C@H]2CN(C)C[C@H]2C1. The summed E-state index contributed by atoms with van der Waals surface area (Å²) in [6, 6.07) is 7.74. The molecular weight excluding hydrogens is 596 g/mol. The number of anilines is 6. The number of ether oxygens (including phenoxy) is 2. The molecule has 248 valence electrons. The molecule has 0 bridgehead atoms. The molecule has 3 aliphatic heterocycles. The smallest absolute Gasteiger partial charge is 0.343 e. The molecule has 0 radical (unpaired) electrons. The molecule has 3 aromatic rings. The van der Waals surface area contributed by atoms with Gasteiger partial charge in [0, 0.05) is 56.1 Å². The van der Waals surface area contributed by atoms with Crippen LogP contribution in [0.15, 0.2) is 43.1 Å². The Labute approximate surface area is 276 Å². The highest BCUT2D eigenvalue weighted by molar-refractivity contribution is 6.02. The first kappa shape index (κ1) is 32.2. The van der Waals surface area contributed by atoms with Crippen molar-refractivity contribution in [3.05, 3.63) is 60.1 Å². The van der Waals surface area contributed by atoms with Crippen LogP contribution in [-0.2, 0) is 14.9 Å². The lowest BCUT2D eigenvalue weighted by molar-refractivity contribution is -0.111. The molecule has 2 fully saturated rings. The fraction of sp³-hybridized carbons (Fsp3) is 0.457. The van der Waals surface area contributed by atoms with Crippen molar-refractivity contribution in [3.63, 3.8) is 0 Å². The van der Waals surface area contributed by atoms with E-state index in [-0.39, 0.29) is 28.9 Å². The summed E-state index contributed by atoms with van der Waals surface area (Å²) < 4.78 is 11.4. The molecule has 5 heterocycles. The van der Waals surface area contributed by atoms with Gasteiger partial charge in [0.1, 0.15) is 11.3 Å². The zero-order valence-electron chi connectivity index (χ0n) is 28.3. The van der Waals surface area contributed by atoms with Crippen LogP contribution in [0.3, 0.4) is 0 Å². The second kappa shape index (κ2) is 12.5. The lowest BCUT2D eigenvalue weighted by Gasteiger charge is -2.26. The highest BCUT2D eigenvalue weighted by Gasteiger charge is 2.41. The van der Waals surface area contributed by atoms with E-state index in [1.807, 2.05) is 36.1 Å². The highest BCUT2D eigenvalue weighted by Crippen LogP contribution is 2.45. The molecule has 0 aliphatic carbocycles. The largest absolute Gasteiger partial charge is 0.494 e. The lowest BCUT2D eigenvalue weighted by atomic mass is 9.91. The van der Waals surface area contributed by atoms with Crippen molar-refractivity contribution < 1.29 is 19.1 Å². The third kappa shape index (κ3) is 6.34. The number of rotatable bonds is 9. The molecule has 2 aromatic heterocycles. The molecule has 0 spiro atoms. The Morgan fingerprint density at radius 1 is 1.06 bits per heavy atom. The second-order valence-electron chi connectivity index (χ2n) is 13.7. The number of methoxy groups -OCH3 is 1. The topological polar surface area (TPSA) is 125 Å². The first-order valence-electron chi connectivity index (χ1n) is 16.1. The van der Waals surface area contributed by atoms with Crippen LogP contribution in [0.1, 0.15) is 49.4 Å². The van der Waals surface area contributed by atoms with E-state index in [1.165, 1.54) is 12.3 Å². The number of esters is 1. The minimum Gasteiger partial charge on any atom is -0.494 e. The van der Waals surface area contributed by atoms with Gasteiger partial charge in [-0.3, -0.25) is 9.78 Å². The van der Waals surface area contributed by atoms with Gasteiger partial charge in [-0.05, 0) is 63.9 Å². The number of pyridine rings is 1. The Morgan fingerprint density at radius 2 is 1.79 bits per heavy atom. The molecule has 12 heteroatoms. The van der Waals surface area contributed by atoms with Crippen molar-refractivity contribution in [1.29, 1.82) is 0 Å². The van der Waals surface area contributed by atoms with Gasteiger partial charge in [0.05, 0.1) is 41.7 Å². The van der Waals surface area contributed by atoms with Crippen LogP contribution in [0.5, 0.6) is 5.75 Å². The van der Waals surface area contributed by atoms with Gasteiger partial charge < -0.3 is 34.8 Å². The van der Waals surface area contributed by atoms with Crippen LogP contribution in [0.4, 0.5) is 34.5 Å². The molecule has 47 heavy (non-hydrogen) atoms. The molecule has 2 N–H and O–H groups in total. The number of aromatic nitrogens is 3. The number of carbonyl (C=O) groups excluding carboxylic acids is 2. The molecule has 1 amide bonds. The highest BCUT2D eigenvalue weighted by atomic mass is 16.5. The second-order valence-corrected chi connectivity index (χ2v) is 13.7. The van der Waals surface area contributed by atoms with Gasteiger partial charge in [-0.1, -0.05) is 20.4 Å². The van der Waals surface area contributed by atoms with E-state index in [4.69, 9.17) is 19.4 Å². The van der Waals surface area contributed by atoms with Crippen LogP contribution >= 0.6 is 0 Å². The molecule has 0 unspecified atom stereocenters. The van der Waals surface area contributed by atoms with Crippen LogP contribution in [0.2, 0.25) is 0 Å². The quantitative estimate of drug-likeness (QED) is 0.241. The predicted molar refractivity (Wildman–Crippen MR) is 183 cm³/mol. The molecule has 6 rings (SSSR count). The zero-order valence-corrected chi connectivity index (χ0v) is 28.3. The Balaban J connectivity index is 1.39. The molecule has 1 aromatic carbocycles. The number of aryl methyl sites for hydroxylation is 1. The van der Waals surface area contributed by atoms with Gasteiger partial charge in [0.25, 0.3) is 0 Å². The third-order valence-electron chi connectivity index (χ3n) is 9.10. The molecule has 2 saturated heterocycles. The predicted octanol–water partition coefficient (Wildman–Crippen LogP) is 5.05. The number of fused-ring (bicyclic) bond motifs is 2. The Kier molecular flexibility index (Phi) is 8.56. The first-order chi connectivity index (χ1) is 22.4. The van der Waals surface area contributed by atoms with E-state index in [0.717, 1.165) is 48.9 Å². The Bertz CT molecular complexity index is 1710. The first-order valence-corrected chi connectivity index (χ1v) is 16.1. The summed E-state index contributed by atoms with van der Waals surface area (Å²) in [7, 11) is 3.77. The van der Waals surface area contributed by atoms with Crippen molar-refractivity contribution >= 4 is 46.4 Å². The number of nitrogens with zero attached hydrogens (tertiary/aromatic N) is 6. The van der Waals surface area contributed by atoms with Crippen molar-refractivity contribution in [1.82, 2.24) is 19.9 Å². The normalized spacial score (nSPS) is 19.8. The zero-order chi connectivity index (χ0) is 33.6. The lowest BCUT2D eigenvalue weighted by Crippen LogP contribution is -2.28.